The van der Waals surface area contributed by atoms with Gasteiger partial charge in [-0.25, -0.2) is 4.98 Å². The van der Waals surface area contributed by atoms with Gasteiger partial charge in [-0.3, -0.25) is 9.69 Å². The highest BCUT2D eigenvalue weighted by Gasteiger charge is 2.28. The van der Waals surface area contributed by atoms with Crippen LogP contribution in [0.25, 0.3) is 0 Å². The molecule has 0 aliphatic heterocycles. The van der Waals surface area contributed by atoms with Gasteiger partial charge in [0.15, 0.2) is 0 Å². The second kappa shape index (κ2) is 12.3. The molecule has 0 bridgehead atoms. The Kier molecular flexibility index (Phi) is 9.22. The summed E-state index contributed by atoms with van der Waals surface area (Å²) in [7, 11) is 2.15. The molecule has 1 aromatic heterocycles. The third kappa shape index (κ3) is 6.58. The largest absolute Gasteiger partial charge is 0.347 e. The van der Waals surface area contributed by atoms with E-state index in [-0.39, 0.29) is 18.0 Å². The number of imidazole rings is 1. The van der Waals surface area contributed by atoms with Crippen molar-refractivity contribution in [3.05, 3.63) is 82.9 Å². The first-order valence-corrected chi connectivity index (χ1v) is 12.4. The van der Waals surface area contributed by atoms with E-state index < -0.39 is 0 Å². The van der Waals surface area contributed by atoms with Crippen LogP contribution < -0.4 is 4.90 Å². The Bertz CT molecular complexity index is 1130. The fourth-order valence-corrected chi connectivity index (χ4v) is 4.61. The summed E-state index contributed by atoms with van der Waals surface area (Å²) in [5.41, 5.74) is 6.16. The van der Waals surface area contributed by atoms with E-state index in [0.29, 0.717) is 12.1 Å². The van der Waals surface area contributed by atoms with Gasteiger partial charge < -0.3 is 9.88 Å². The number of hydrogen-bond acceptors (Lipinski definition) is 4. The summed E-state index contributed by atoms with van der Waals surface area (Å²) in [5.74, 6) is 0.0544. The van der Waals surface area contributed by atoms with Crippen molar-refractivity contribution in [2.24, 2.45) is 0 Å². The summed E-state index contributed by atoms with van der Waals surface area (Å²) in [6, 6.07) is 16.3. The average molecular weight is 472 g/mol. The van der Waals surface area contributed by atoms with Crippen LogP contribution in [0, 0.1) is 25.2 Å². The number of nitrogens with zero attached hydrogens (tertiary/aromatic N) is 4. The predicted octanol–water partition coefficient (Wildman–Crippen LogP) is 5.73. The first-order valence-electron chi connectivity index (χ1n) is 12.4. The van der Waals surface area contributed by atoms with Crippen molar-refractivity contribution < 1.29 is 4.79 Å². The maximum absolute atomic E-state index is 12.9. The molecule has 0 saturated carbocycles. The molecule has 184 valence electrons. The van der Waals surface area contributed by atoms with Gasteiger partial charge in [-0.15, -0.1) is 0 Å². The monoisotopic (exact) mass is 471 g/mol. The lowest BCUT2D eigenvalue weighted by Crippen LogP contribution is -2.46. The number of anilines is 1. The molecule has 1 amide bonds. The molecule has 1 heterocycles. The molecule has 0 radical (unpaired) electrons. The predicted molar refractivity (Wildman–Crippen MR) is 141 cm³/mol. The summed E-state index contributed by atoms with van der Waals surface area (Å²) in [5, 5.41) is 9.16. The Labute approximate surface area is 209 Å². The Morgan fingerprint density at radius 1 is 1.17 bits per heavy atom. The number of nitrogens with one attached hydrogen (secondary N) is 1. The Hall–Kier alpha value is -3.43. The number of aryl methyl sites for hydroxylation is 1. The topological polar surface area (TPSA) is 76.0 Å². The Morgan fingerprint density at radius 2 is 1.91 bits per heavy atom. The van der Waals surface area contributed by atoms with Crippen LogP contribution in [-0.2, 0) is 11.2 Å². The van der Waals surface area contributed by atoms with Gasteiger partial charge in [0.1, 0.15) is 0 Å². The van der Waals surface area contributed by atoms with Crippen molar-refractivity contribution in [1.29, 1.82) is 5.26 Å². The van der Waals surface area contributed by atoms with E-state index in [9.17, 15) is 4.79 Å². The number of carbonyl (C=O) groups excluding carboxylic acids is 1. The molecule has 6 nitrogen and oxygen atoms in total. The van der Waals surface area contributed by atoms with Crippen LogP contribution in [0.3, 0.4) is 0 Å². The summed E-state index contributed by atoms with van der Waals surface area (Å²) >= 11 is 0. The van der Waals surface area contributed by atoms with E-state index >= 15 is 0 Å². The van der Waals surface area contributed by atoms with Gasteiger partial charge in [-0.2, -0.15) is 5.26 Å². The lowest BCUT2D eigenvalue weighted by molar-refractivity contribution is -0.116. The summed E-state index contributed by atoms with van der Waals surface area (Å²) < 4.78 is 0. The fourth-order valence-electron chi connectivity index (χ4n) is 4.61. The van der Waals surface area contributed by atoms with Crippen molar-refractivity contribution in [3.8, 4) is 6.07 Å². The van der Waals surface area contributed by atoms with Crippen molar-refractivity contribution >= 4 is 11.6 Å². The molecule has 0 fully saturated rings. The highest BCUT2D eigenvalue weighted by molar-refractivity contribution is 5.92. The number of benzene rings is 2. The van der Waals surface area contributed by atoms with Crippen molar-refractivity contribution in [1.82, 2.24) is 14.9 Å². The Balaban J connectivity index is 1.93. The fraction of sp³-hybridized carbons (Fsp3) is 0.414. The van der Waals surface area contributed by atoms with Gasteiger partial charge in [0.05, 0.1) is 29.7 Å². The van der Waals surface area contributed by atoms with Gasteiger partial charge in [-0.05, 0) is 68.6 Å². The second-order valence-corrected chi connectivity index (χ2v) is 9.35. The molecule has 0 spiro atoms. The third-order valence-corrected chi connectivity index (χ3v) is 6.99. The zero-order valence-electron chi connectivity index (χ0n) is 21.6. The molecular weight excluding hydrogens is 434 g/mol. The van der Waals surface area contributed by atoms with Crippen LogP contribution in [0.5, 0.6) is 0 Å². The summed E-state index contributed by atoms with van der Waals surface area (Å²) in [6.07, 6.45) is 7.54. The van der Waals surface area contributed by atoms with E-state index in [4.69, 9.17) is 5.26 Å². The molecule has 2 aromatic carbocycles. The van der Waals surface area contributed by atoms with Crippen molar-refractivity contribution in [2.75, 3.05) is 18.5 Å². The van der Waals surface area contributed by atoms with E-state index in [1.807, 2.05) is 47.5 Å². The van der Waals surface area contributed by atoms with Crippen LogP contribution >= 0.6 is 0 Å². The summed E-state index contributed by atoms with van der Waals surface area (Å²) in [6.45, 7) is 8.65. The number of H-pyrrole nitrogens is 1. The zero-order chi connectivity index (χ0) is 25.4. The standard InChI is InChI=1S/C29H37N5O/c1-6-7-10-26(19-34(23(4)35)28-11-8-9-21(2)22(28)3)33(5)29(27-18-31-20-32-27)16-24-12-14-25(17-30)15-13-24/h8-9,11-15,18,20,26,29H,6-7,10,16,19H2,1-5H3,(H,31,32)/t26?,29-/m0/s1. The molecule has 1 unspecified atom stereocenters. The van der Waals surface area contributed by atoms with Gasteiger partial charge in [-0.1, -0.05) is 44.0 Å². The maximum Gasteiger partial charge on any atom is 0.223 e. The quantitative estimate of drug-likeness (QED) is 0.388. The second-order valence-electron chi connectivity index (χ2n) is 9.35. The normalized spacial score (nSPS) is 12.8. The maximum atomic E-state index is 12.9. The van der Waals surface area contributed by atoms with E-state index in [0.717, 1.165) is 48.2 Å². The number of aromatic nitrogens is 2. The molecule has 3 aromatic rings. The van der Waals surface area contributed by atoms with Crippen molar-refractivity contribution in [2.45, 2.75) is 65.5 Å². The molecule has 0 aliphatic rings. The molecule has 35 heavy (non-hydrogen) atoms. The lowest BCUT2D eigenvalue weighted by Gasteiger charge is -2.38. The Morgan fingerprint density at radius 3 is 2.51 bits per heavy atom. The van der Waals surface area contributed by atoms with Crippen molar-refractivity contribution in [3.63, 3.8) is 0 Å². The van der Waals surface area contributed by atoms with Crippen LogP contribution in [0.1, 0.15) is 67.1 Å². The van der Waals surface area contributed by atoms with E-state index in [2.05, 4.69) is 54.8 Å². The van der Waals surface area contributed by atoms with Crippen LogP contribution in [0.2, 0.25) is 0 Å². The van der Waals surface area contributed by atoms with E-state index in [1.165, 1.54) is 5.56 Å². The molecule has 2 atom stereocenters. The van der Waals surface area contributed by atoms with E-state index in [1.54, 1.807) is 13.3 Å². The minimum absolute atomic E-state index is 0.0544. The highest BCUT2D eigenvalue weighted by atomic mass is 16.2. The number of unbranched alkanes of at least 4 members (excludes halogenated alkanes) is 1. The SMILES string of the molecule is CCCCC(CN(C(C)=O)c1cccc(C)c1C)N(C)[C@@H](Cc1ccc(C#N)cc1)c1cnc[nH]1. The minimum Gasteiger partial charge on any atom is -0.347 e. The zero-order valence-corrected chi connectivity index (χ0v) is 21.6. The number of likely N-dealkylation sites (N-methyl/N-ethyl adjacent to an activating group) is 1. The minimum atomic E-state index is 0.0544. The van der Waals surface area contributed by atoms with Crippen LogP contribution in [0.4, 0.5) is 5.69 Å². The molecule has 1 N–H and O–H groups in total. The number of amides is 1. The smallest absolute Gasteiger partial charge is 0.223 e. The highest BCUT2D eigenvalue weighted by Crippen LogP contribution is 2.29. The van der Waals surface area contributed by atoms with Crippen LogP contribution in [-0.4, -0.2) is 40.4 Å². The summed E-state index contributed by atoms with van der Waals surface area (Å²) in [4.78, 5) is 24.8. The molecule has 0 aliphatic carbocycles. The number of carbonyl (C=O) groups is 1. The van der Waals surface area contributed by atoms with Gasteiger partial charge in [0.25, 0.3) is 0 Å². The van der Waals surface area contributed by atoms with Gasteiger partial charge in [0, 0.05) is 31.4 Å². The van der Waals surface area contributed by atoms with Gasteiger partial charge in [0.2, 0.25) is 5.91 Å². The number of hydrogen-bond donors (Lipinski definition) is 1. The molecule has 3 rings (SSSR count). The van der Waals surface area contributed by atoms with Gasteiger partial charge >= 0.3 is 0 Å². The van der Waals surface area contributed by atoms with Crippen LogP contribution in [0.15, 0.2) is 55.0 Å². The number of rotatable bonds is 11. The first kappa shape index (κ1) is 26.2. The molecule has 6 heteroatoms. The first-order chi connectivity index (χ1) is 16.8. The number of nitriles is 1. The molecular formula is C29H37N5O. The third-order valence-electron chi connectivity index (χ3n) is 6.99. The average Bonchev–Trinajstić information content (AvgIpc) is 3.39. The number of aromatic amines is 1. The molecule has 0 saturated heterocycles. The lowest BCUT2D eigenvalue weighted by atomic mass is 9.98.